The number of aliphatic carboxylic acids is 1. The normalized spacial score (nSPS) is 11.7. The molecule has 0 aromatic heterocycles. The van der Waals surface area contributed by atoms with Crippen molar-refractivity contribution in [3.05, 3.63) is 144 Å². The van der Waals surface area contributed by atoms with Crippen LogP contribution in [0.5, 0.6) is 0 Å². The Balaban J connectivity index is 1.52. The summed E-state index contributed by atoms with van der Waals surface area (Å²) >= 11 is 0. The van der Waals surface area contributed by atoms with E-state index in [2.05, 4.69) is 10.6 Å². The average molecular weight is 523 g/mol. The number of nitrogens with one attached hydrogen (secondary N) is 2. The number of hydrogen-bond acceptors (Lipinski definition) is 4. The van der Waals surface area contributed by atoms with Gasteiger partial charge in [0.1, 0.15) is 18.2 Å². The second kappa shape index (κ2) is 13.1. The molecule has 0 bridgehead atoms. The third kappa shape index (κ3) is 6.90. The Morgan fingerprint density at radius 1 is 0.692 bits per heavy atom. The van der Waals surface area contributed by atoms with E-state index in [4.69, 9.17) is 4.74 Å². The van der Waals surface area contributed by atoms with Crippen LogP contribution in [0.15, 0.2) is 121 Å². The highest BCUT2D eigenvalue weighted by Crippen LogP contribution is 2.36. The maximum absolute atomic E-state index is 13.5. The van der Waals surface area contributed by atoms with Crippen molar-refractivity contribution in [2.24, 2.45) is 0 Å². The van der Waals surface area contributed by atoms with Gasteiger partial charge in [-0.15, -0.1) is 0 Å². The first-order valence-electron chi connectivity index (χ1n) is 12.7. The fourth-order valence-corrected chi connectivity index (χ4v) is 4.49. The van der Waals surface area contributed by atoms with Gasteiger partial charge in [-0.1, -0.05) is 121 Å². The van der Waals surface area contributed by atoms with Crippen LogP contribution in [0.25, 0.3) is 0 Å². The second-order valence-corrected chi connectivity index (χ2v) is 9.03. The average Bonchev–Trinajstić information content (AvgIpc) is 2.98. The van der Waals surface area contributed by atoms with Crippen molar-refractivity contribution in [3.63, 3.8) is 0 Å². The topological polar surface area (TPSA) is 105 Å². The number of benzene rings is 4. The number of hydrogen-bond donors (Lipinski definition) is 3. The maximum atomic E-state index is 13.5. The number of alkyl carbamates (subject to hydrolysis) is 1. The molecule has 2 amide bonds. The molecule has 1 atom stereocenters. The van der Waals surface area contributed by atoms with Crippen LogP contribution in [-0.4, -0.2) is 29.1 Å². The van der Waals surface area contributed by atoms with E-state index in [1.165, 1.54) is 0 Å². The minimum atomic E-state index is -1.29. The molecule has 4 aromatic rings. The van der Waals surface area contributed by atoms with Gasteiger partial charge >= 0.3 is 12.1 Å². The zero-order valence-electron chi connectivity index (χ0n) is 21.3. The van der Waals surface area contributed by atoms with Crippen molar-refractivity contribution in [2.75, 3.05) is 0 Å². The first kappa shape index (κ1) is 27.1. The number of ether oxygens (including phenoxy) is 1. The molecule has 0 saturated carbocycles. The Bertz CT molecular complexity index is 1270. The Morgan fingerprint density at radius 3 is 1.56 bits per heavy atom. The lowest BCUT2D eigenvalue weighted by Gasteiger charge is -2.37. The van der Waals surface area contributed by atoms with Crippen LogP contribution < -0.4 is 10.6 Å². The summed E-state index contributed by atoms with van der Waals surface area (Å²) in [6.45, 7) is 0.00719. The summed E-state index contributed by atoms with van der Waals surface area (Å²) in [6, 6.07) is 36.7. The van der Waals surface area contributed by atoms with Crippen LogP contribution in [-0.2, 0) is 26.5 Å². The van der Waals surface area contributed by atoms with Crippen molar-refractivity contribution < 1.29 is 24.2 Å². The van der Waals surface area contributed by atoms with Crippen LogP contribution >= 0.6 is 0 Å². The first-order chi connectivity index (χ1) is 19.0. The van der Waals surface area contributed by atoms with Gasteiger partial charge in [-0.3, -0.25) is 4.79 Å². The molecule has 39 heavy (non-hydrogen) atoms. The van der Waals surface area contributed by atoms with Gasteiger partial charge in [-0.05, 0) is 28.7 Å². The Morgan fingerprint density at radius 2 is 1.13 bits per heavy atom. The third-order valence-electron chi connectivity index (χ3n) is 6.41. The molecular weight excluding hydrogens is 492 g/mol. The highest BCUT2D eigenvalue weighted by atomic mass is 16.5. The molecule has 0 spiro atoms. The lowest BCUT2D eigenvalue weighted by atomic mass is 9.77. The number of carboxylic acids is 1. The van der Waals surface area contributed by atoms with Crippen LogP contribution in [0.4, 0.5) is 4.79 Å². The number of carbonyl (C=O) groups is 3. The Kier molecular flexibility index (Phi) is 9.08. The summed E-state index contributed by atoms with van der Waals surface area (Å²) in [4.78, 5) is 37.6. The summed E-state index contributed by atoms with van der Waals surface area (Å²) in [6.07, 6.45) is -1.11. The number of amides is 2. The standard InChI is InChI=1S/C32H30N2O5/c35-29(22-21-28(30(36)37)33-31(38)39-23-24-13-5-1-6-14-24)34-32(25-15-7-2-8-16-25,26-17-9-3-10-18-26)27-19-11-4-12-20-27/h1-20,28H,21-23H2,(H,33,38)(H,34,35)(H,36,37). The van der Waals surface area contributed by atoms with Crippen LogP contribution in [0.1, 0.15) is 35.1 Å². The molecule has 0 heterocycles. The summed E-state index contributed by atoms with van der Waals surface area (Å²) in [5.74, 6) is -1.61. The van der Waals surface area contributed by atoms with E-state index < -0.39 is 23.6 Å². The zero-order valence-corrected chi connectivity index (χ0v) is 21.3. The Hall–Kier alpha value is -4.91. The largest absolute Gasteiger partial charge is 0.480 e. The van der Waals surface area contributed by atoms with E-state index >= 15 is 0 Å². The SMILES string of the molecule is O=C(CCC(NC(=O)OCc1ccccc1)C(=O)O)NC(c1ccccc1)(c1ccccc1)c1ccccc1. The predicted octanol–water partition coefficient (Wildman–Crippen LogP) is 5.25. The van der Waals surface area contributed by atoms with Gasteiger partial charge in [0.15, 0.2) is 0 Å². The minimum Gasteiger partial charge on any atom is -0.480 e. The van der Waals surface area contributed by atoms with E-state index in [9.17, 15) is 19.5 Å². The fraction of sp³-hybridized carbons (Fsp3) is 0.156. The van der Waals surface area contributed by atoms with Crippen LogP contribution in [0, 0.1) is 0 Å². The fourth-order valence-electron chi connectivity index (χ4n) is 4.49. The highest BCUT2D eigenvalue weighted by Gasteiger charge is 2.38. The minimum absolute atomic E-state index is 0.00719. The maximum Gasteiger partial charge on any atom is 0.408 e. The van der Waals surface area contributed by atoms with Crippen molar-refractivity contribution in [1.29, 1.82) is 0 Å². The van der Waals surface area contributed by atoms with Gasteiger partial charge in [-0.25, -0.2) is 9.59 Å². The number of rotatable bonds is 11. The van der Waals surface area contributed by atoms with Gasteiger partial charge in [0.05, 0.1) is 0 Å². The molecule has 0 radical (unpaired) electrons. The molecule has 198 valence electrons. The van der Waals surface area contributed by atoms with E-state index in [-0.39, 0.29) is 25.4 Å². The van der Waals surface area contributed by atoms with Gasteiger partial charge in [-0.2, -0.15) is 0 Å². The van der Waals surface area contributed by atoms with E-state index in [1.807, 2.05) is 109 Å². The molecule has 7 heteroatoms. The van der Waals surface area contributed by atoms with Gasteiger partial charge in [0.2, 0.25) is 5.91 Å². The highest BCUT2D eigenvalue weighted by molar-refractivity contribution is 5.82. The number of carboxylic acid groups (broad SMARTS) is 1. The van der Waals surface area contributed by atoms with E-state index in [0.717, 1.165) is 22.3 Å². The molecule has 0 aliphatic rings. The van der Waals surface area contributed by atoms with Crippen molar-refractivity contribution >= 4 is 18.0 Å². The third-order valence-corrected chi connectivity index (χ3v) is 6.41. The molecule has 4 aromatic carbocycles. The molecule has 3 N–H and O–H groups in total. The number of carbonyl (C=O) groups excluding carboxylic acids is 2. The van der Waals surface area contributed by atoms with E-state index in [0.29, 0.717) is 0 Å². The van der Waals surface area contributed by atoms with Crippen molar-refractivity contribution in [2.45, 2.75) is 31.0 Å². The molecule has 0 aliphatic heterocycles. The van der Waals surface area contributed by atoms with Gasteiger partial charge in [0.25, 0.3) is 0 Å². The van der Waals surface area contributed by atoms with Crippen LogP contribution in [0.2, 0.25) is 0 Å². The molecule has 0 saturated heterocycles. The smallest absolute Gasteiger partial charge is 0.408 e. The van der Waals surface area contributed by atoms with Gasteiger partial charge in [0, 0.05) is 6.42 Å². The summed E-state index contributed by atoms with van der Waals surface area (Å²) in [5.41, 5.74) is 2.33. The monoisotopic (exact) mass is 522 g/mol. The molecule has 0 fully saturated rings. The molecule has 7 nitrogen and oxygen atoms in total. The van der Waals surface area contributed by atoms with Crippen molar-refractivity contribution in [3.8, 4) is 0 Å². The quantitative estimate of drug-likeness (QED) is 0.233. The molecule has 0 aliphatic carbocycles. The molecule has 1 unspecified atom stereocenters. The van der Waals surface area contributed by atoms with Crippen LogP contribution in [0.3, 0.4) is 0 Å². The summed E-state index contributed by atoms with van der Waals surface area (Å²) in [7, 11) is 0. The summed E-state index contributed by atoms with van der Waals surface area (Å²) in [5, 5.41) is 15.2. The molecular formula is C32H30N2O5. The second-order valence-electron chi connectivity index (χ2n) is 9.03. The molecule has 4 rings (SSSR count). The van der Waals surface area contributed by atoms with Gasteiger partial charge < -0.3 is 20.5 Å². The summed E-state index contributed by atoms with van der Waals surface area (Å²) < 4.78 is 5.16. The first-order valence-corrected chi connectivity index (χ1v) is 12.7. The van der Waals surface area contributed by atoms with E-state index in [1.54, 1.807) is 12.1 Å². The lowest BCUT2D eigenvalue weighted by Crippen LogP contribution is -2.48. The lowest BCUT2D eigenvalue weighted by molar-refractivity contribution is -0.139. The Labute approximate surface area is 227 Å². The van der Waals surface area contributed by atoms with Crippen molar-refractivity contribution in [1.82, 2.24) is 10.6 Å². The predicted molar refractivity (Wildman–Crippen MR) is 148 cm³/mol. The zero-order chi connectivity index (χ0) is 27.5.